The molecule has 1 aromatic heterocycles. The lowest BCUT2D eigenvalue weighted by Gasteiger charge is -2.31. The van der Waals surface area contributed by atoms with Crippen LogP contribution in [0.25, 0.3) is 0 Å². The van der Waals surface area contributed by atoms with Gasteiger partial charge in [0.15, 0.2) is 5.16 Å². The molecule has 1 saturated carbocycles. The molecule has 3 N–H and O–H groups in total. The zero-order valence-corrected chi connectivity index (χ0v) is 10.9. The zero-order chi connectivity index (χ0) is 12.3. The fourth-order valence-corrected chi connectivity index (χ4v) is 2.23. The molecule has 1 fully saturated rings. The van der Waals surface area contributed by atoms with Crippen molar-refractivity contribution < 1.29 is 5.11 Å². The molecule has 6 heteroatoms. The molecule has 0 aliphatic heterocycles. The molecule has 0 bridgehead atoms. The van der Waals surface area contributed by atoms with Crippen LogP contribution in [0, 0.1) is 5.92 Å². The van der Waals surface area contributed by atoms with Crippen molar-refractivity contribution in [3.05, 3.63) is 6.07 Å². The first-order valence-corrected chi connectivity index (χ1v) is 6.96. The van der Waals surface area contributed by atoms with Crippen molar-refractivity contribution in [1.82, 2.24) is 9.97 Å². The molecule has 0 aromatic carbocycles. The Hall–Kier alpha value is -1.01. The van der Waals surface area contributed by atoms with Crippen LogP contribution in [-0.2, 0) is 0 Å². The second-order valence-corrected chi connectivity index (χ2v) is 5.02. The highest BCUT2D eigenvalue weighted by Crippen LogP contribution is 2.27. The first-order chi connectivity index (χ1) is 8.21. The van der Waals surface area contributed by atoms with E-state index in [1.165, 1.54) is 11.8 Å². The van der Waals surface area contributed by atoms with Gasteiger partial charge in [-0.05, 0) is 25.0 Å². The minimum Gasteiger partial charge on any atom is -0.393 e. The number of aliphatic hydroxyl groups is 1. The van der Waals surface area contributed by atoms with E-state index in [1.807, 2.05) is 19.4 Å². The predicted molar refractivity (Wildman–Crippen MR) is 70.6 cm³/mol. The summed E-state index contributed by atoms with van der Waals surface area (Å²) >= 11 is 1.52. The normalized spacial score (nSPS) is 23.0. The summed E-state index contributed by atoms with van der Waals surface area (Å²) in [6.07, 6.45) is 3.65. The second kappa shape index (κ2) is 5.55. The SMILES string of the molecule is CNc1cc(NCC2CC(O)C2)nc(SC)n1. The maximum atomic E-state index is 9.21. The van der Waals surface area contributed by atoms with E-state index >= 15 is 0 Å². The van der Waals surface area contributed by atoms with Crippen LogP contribution in [0.4, 0.5) is 11.6 Å². The number of nitrogens with one attached hydrogen (secondary N) is 2. The standard InChI is InChI=1S/C11H18N4OS/c1-12-9-5-10(15-11(14-9)17-2)13-6-7-3-8(16)4-7/h5,7-8,16H,3-4,6H2,1-2H3,(H2,12,13,14,15). The van der Waals surface area contributed by atoms with Gasteiger partial charge in [-0.25, -0.2) is 9.97 Å². The molecule has 1 aromatic rings. The fraction of sp³-hybridized carbons (Fsp3) is 0.636. The van der Waals surface area contributed by atoms with Gasteiger partial charge in [0.05, 0.1) is 6.10 Å². The number of hydrogen-bond acceptors (Lipinski definition) is 6. The van der Waals surface area contributed by atoms with E-state index in [4.69, 9.17) is 0 Å². The van der Waals surface area contributed by atoms with Gasteiger partial charge < -0.3 is 15.7 Å². The number of aliphatic hydroxyl groups excluding tert-OH is 1. The van der Waals surface area contributed by atoms with Crippen molar-refractivity contribution in [2.75, 3.05) is 30.5 Å². The number of thioether (sulfide) groups is 1. The summed E-state index contributed by atoms with van der Waals surface area (Å²) < 4.78 is 0. The molecule has 1 aliphatic carbocycles. The minimum absolute atomic E-state index is 0.0955. The molecule has 17 heavy (non-hydrogen) atoms. The largest absolute Gasteiger partial charge is 0.393 e. The molecule has 0 unspecified atom stereocenters. The van der Waals surface area contributed by atoms with Gasteiger partial charge in [0.2, 0.25) is 0 Å². The molecular weight excluding hydrogens is 236 g/mol. The Labute approximate surface area is 105 Å². The van der Waals surface area contributed by atoms with Gasteiger partial charge >= 0.3 is 0 Å². The first kappa shape index (κ1) is 12.4. The fourth-order valence-electron chi connectivity index (χ4n) is 1.85. The zero-order valence-electron chi connectivity index (χ0n) is 10.1. The predicted octanol–water partition coefficient (Wildman–Crippen LogP) is 1.42. The number of aromatic nitrogens is 2. The highest BCUT2D eigenvalue weighted by molar-refractivity contribution is 7.98. The molecule has 1 heterocycles. The topological polar surface area (TPSA) is 70.1 Å². The van der Waals surface area contributed by atoms with E-state index in [9.17, 15) is 5.11 Å². The maximum absolute atomic E-state index is 9.21. The monoisotopic (exact) mass is 254 g/mol. The van der Waals surface area contributed by atoms with Crippen LogP contribution in [-0.4, -0.2) is 41.0 Å². The Morgan fingerprint density at radius 1 is 1.41 bits per heavy atom. The van der Waals surface area contributed by atoms with Gasteiger partial charge in [-0.3, -0.25) is 0 Å². The van der Waals surface area contributed by atoms with E-state index in [0.717, 1.165) is 36.2 Å². The molecule has 1 aliphatic rings. The number of rotatable bonds is 5. The summed E-state index contributed by atoms with van der Waals surface area (Å²) in [5.74, 6) is 2.23. The number of nitrogens with zero attached hydrogens (tertiary/aromatic N) is 2. The Bertz CT molecular complexity index is 359. The van der Waals surface area contributed by atoms with E-state index in [0.29, 0.717) is 5.92 Å². The number of anilines is 2. The third-order valence-corrected chi connectivity index (χ3v) is 3.47. The molecule has 0 atom stereocenters. The summed E-state index contributed by atoms with van der Waals surface area (Å²) in [5.41, 5.74) is 0. The molecule has 0 radical (unpaired) electrons. The van der Waals surface area contributed by atoms with Crippen molar-refractivity contribution in [3.63, 3.8) is 0 Å². The van der Waals surface area contributed by atoms with Gasteiger partial charge in [0, 0.05) is 19.7 Å². The summed E-state index contributed by atoms with van der Waals surface area (Å²) in [7, 11) is 1.85. The van der Waals surface area contributed by atoms with Crippen molar-refractivity contribution >= 4 is 23.4 Å². The Kier molecular flexibility index (Phi) is 4.06. The molecule has 0 spiro atoms. The Balaban J connectivity index is 1.94. The van der Waals surface area contributed by atoms with Crippen molar-refractivity contribution in [3.8, 4) is 0 Å². The van der Waals surface area contributed by atoms with E-state index in [2.05, 4.69) is 20.6 Å². The van der Waals surface area contributed by atoms with Crippen LogP contribution in [0.3, 0.4) is 0 Å². The van der Waals surface area contributed by atoms with Gasteiger partial charge in [-0.15, -0.1) is 0 Å². The third-order valence-electron chi connectivity index (χ3n) is 2.93. The average molecular weight is 254 g/mol. The molecule has 5 nitrogen and oxygen atoms in total. The van der Waals surface area contributed by atoms with Crippen LogP contribution in [0.15, 0.2) is 11.2 Å². The molecule has 0 amide bonds. The molecule has 2 rings (SSSR count). The Morgan fingerprint density at radius 2 is 2.12 bits per heavy atom. The highest BCUT2D eigenvalue weighted by Gasteiger charge is 2.26. The van der Waals surface area contributed by atoms with E-state index in [1.54, 1.807) is 0 Å². The quantitative estimate of drug-likeness (QED) is 0.545. The van der Waals surface area contributed by atoms with Gasteiger partial charge in [-0.1, -0.05) is 11.8 Å². The van der Waals surface area contributed by atoms with Crippen molar-refractivity contribution in [2.24, 2.45) is 5.92 Å². The lowest BCUT2D eigenvalue weighted by atomic mass is 9.82. The molecule has 0 saturated heterocycles. The summed E-state index contributed by atoms with van der Waals surface area (Å²) in [4.78, 5) is 8.69. The van der Waals surface area contributed by atoms with Gasteiger partial charge in [-0.2, -0.15) is 0 Å². The third kappa shape index (κ3) is 3.23. The lowest BCUT2D eigenvalue weighted by molar-refractivity contribution is 0.0486. The van der Waals surface area contributed by atoms with Crippen LogP contribution in [0.2, 0.25) is 0 Å². The van der Waals surface area contributed by atoms with E-state index < -0.39 is 0 Å². The van der Waals surface area contributed by atoms with Gasteiger partial charge in [0.1, 0.15) is 11.6 Å². The maximum Gasteiger partial charge on any atom is 0.191 e. The lowest BCUT2D eigenvalue weighted by Crippen LogP contribution is -2.33. The summed E-state index contributed by atoms with van der Waals surface area (Å²) in [5, 5.41) is 16.3. The van der Waals surface area contributed by atoms with Crippen LogP contribution in [0.1, 0.15) is 12.8 Å². The van der Waals surface area contributed by atoms with Crippen LogP contribution >= 0.6 is 11.8 Å². The first-order valence-electron chi connectivity index (χ1n) is 5.74. The van der Waals surface area contributed by atoms with Crippen molar-refractivity contribution in [2.45, 2.75) is 24.1 Å². The van der Waals surface area contributed by atoms with Crippen molar-refractivity contribution in [1.29, 1.82) is 0 Å². The molecule has 94 valence electrons. The minimum atomic E-state index is -0.0955. The summed E-state index contributed by atoms with van der Waals surface area (Å²) in [6.45, 7) is 0.866. The highest BCUT2D eigenvalue weighted by atomic mass is 32.2. The van der Waals surface area contributed by atoms with Crippen LogP contribution in [0.5, 0.6) is 0 Å². The smallest absolute Gasteiger partial charge is 0.191 e. The molecular formula is C11H18N4OS. The average Bonchev–Trinajstić information content (AvgIpc) is 2.32. The second-order valence-electron chi connectivity index (χ2n) is 4.25. The van der Waals surface area contributed by atoms with Crippen LogP contribution < -0.4 is 10.6 Å². The number of hydrogen-bond donors (Lipinski definition) is 3. The van der Waals surface area contributed by atoms with Gasteiger partial charge in [0.25, 0.3) is 0 Å². The van der Waals surface area contributed by atoms with E-state index in [-0.39, 0.29) is 6.10 Å². The Morgan fingerprint density at radius 3 is 2.71 bits per heavy atom. The summed E-state index contributed by atoms with van der Waals surface area (Å²) in [6, 6.07) is 1.90.